The van der Waals surface area contributed by atoms with Crippen molar-refractivity contribution in [3.8, 4) is 11.4 Å². The highest BCUT2D eigenvalue weighted by atomic mass is 35.5. The van der Waals surface area contributed by atoms with Gasteiger partial charge in [-0.3, -0.25) is 4.79 Å². The molecule has 0 bridgehead atoms. The number of oxime groups is 1. The summed E-state index contributed by atoms with van der Waals surface area (Å²) in [6, 6.07) is 5.64. The van der Waals surface area contributed by atoms with E-state index in [1.807, 2.05) is 0 Å². The summed E-state index contributed by atoms with van der Waals surface area (Å²) in [5, 5.41) is 9.65. The lowest BCUT2D eigenvalue weighted by atomic mass is 10.1. The van der Waals surface area contributed by atoms with Crippen molar-refractivity contribution in [2.75, 3.05) is 13.2 Å². The molecule has 0 saturated carbocycles. The number of nitrogens with zero attached hydrogens (tertiary/aromatic N) is 3. The molecule has 26 heavy (non-hydrogen) atoms. The number of carbonyl (C=O) groups is 1. The topological polar surface area (TPSA) is 89.6 Å². The average molecular weight is 389 g/mol. The lowest BCUT2D eigenvalue weighted by molar-refractivity contribution is -0.159. The van der Waals surface area contributed by atoms with Gasteiger partial charge >= 0.3 is 12.1 Å². The number of alkyl halides is 3. The van der Waals surface area contributed by atoms with Gasteiger partial charge in [0.25, 0.3) is 5.91 Å². The summed E-state index contributed by atoms with van der Waals surface area (Å²) in [6.45, 7) is 3.57. The highest BCUT2D eigenvalue weighted by molar-refractivity contribution is 6.29. The Balaban J connectivity index is 1.91. The molecule has 0 radical (unpaired) electrons. The van der Waals surface area contributed by atoms with Crippen molar-refractivity contribution in [2.45, 2.75) is 6.18 Å². The number of carbonyl (C=O) groups excluding carboxylic acids is 1. The molecule has 0 aliphatic carbocycles. The molecule has 1 heterocycles. The number of halogens is 4. The first-order chi connectivity index (χ1) is 12.3. The number of benzene rings is 1. The van der Waals surface area contributed by atoms with Gasteiger partial charge in [-0.2, -0.15) is 18.2 Å². The number of amides is 1. The molecule has 2 aromatic rings. The summed E-state index contributed by atoms with van der Waals surface area (Å²) < 4.78 is 41.5. The molecule has 0 atom stereocenters. The predicted octanol–water partition coefficient (Wildman–Crippen LogP) is 3.24. The highest BCUT2D eigenvalue weighted by Crippen LogP contribution is 2.29. The fraction of sp³-hybridized carbons (Fsp3) is 0.200. The minimum atomic E-state index is -4.71. The summed E-state index contributed by atoms with van der Waals surface area (Å²) >= 11 is 5.47. The molecular formula is C15H12ClF3N4O3. The average Bonchev–Trinajstić information content (AvgIpc) is 3.08. The van der Waals surface area contributed by atoms with Crippen molar-refractivity contribution >= 4 is 23.7 Å². The van der Waals surface area contributed by atoms with Crippen LogP contribution in [0.5, 0.6) is 0 Å². The molecule has 7 nitrogen and oxygen atoms in total. The molecule has 1 aromatic carbocycles. The van der Waals surface area contributed by atoms with Crippen LogP contribution in [-0.2, 0) is 11.0 Å². The van der Waals surface area contributed by atoms with Crippen LogP contribution in [-0.4, -0.2) is 35.4 Å². The Morgan fingerprint density at radius 3 is 2.65 bits per heavy atom. The summed E-state index contributed by atoms with van der Waals surface area (Å²) in [7, 11) is 0. The lowest BCUT2D eigenvalue weighted by Gasteiger charge is -2.03. The second kappa shape index (κ2) is 8.48. The number of hydrogen-bond acceptors (Lipinski definition) is 6. The van der Waals surface area contributed by atoms with Gasteiger partial charge in [0.15, 0.2) is 6.61 Å². The van der Waals surface area contributed by atoms with Crippen LogP contribution in [0.2, 0.25) is 0 Å². The van der Waals surface area contributed by atoms with E-state index >= 15 is 0 Å². The van der Waals surface area contributed by atoms with Gasteiger partial charge in [-0.05, 0) is 12.1 Å². The van der Waals surface area contributed by atoms with Gasteiger partial charge in [0.2, 0.25) is 5.82 Å². The van der Waals surface area contributed by atoms with Gasteiger partial charge in [-0.15, -0.1) is 0 Å². The number of rotatable bonds is 7. The Kier molecular flexibility index (Phi) is 6.34. The van der Waals surface area contributed by atoms with Crippen molar-refractivity contribution in [3.63, 3.8) is 0 Å². The summed E-state index contributed by atoms with van der Waals surface area (Å²) in [5.74, 6) is -2.07. The third kappa shape index (κ3) is 5.59. The fourth-order valence-electron chi connectivity index (χ4n) is 1.66. The fourth-order valence-corrected chi connectivity index (χ4v) is 1.71. The maximum Gasteiger partial charge on any atom is 0.471 e. The molecule has 1 amide bonds. The first-order valence-electron chi connectivity index (χ1n) is 7.04. The minimum Gasteiger partial charge on any atom is -0.390 e. The SMILES string of the molecule is C=C(Cl)CON=CCNC(=O)c1ccc(-c2noc(C(F)(F)F)n2)cc1. The zero-order valence-electron chi connectivity index (χ0n) is 13.1. The normalized spacial score (nSPS) is 11.5. The molecule has 0 spiro atoms. The molecule has 0 fully saturated rings. The first-order valence-corrected chi connectivity index (χ1v) is 7.42. The Morgan fingerprint density at radius 1 is 1.38 bits per heavy atom. The maximum absolute atomic E-state index is 12.4. The van der Waals surface area contributed by atoms with Crippen LogP contribution in [0, 0.1) is 0 Å². The number of hydrogen-bond donors (Lipinski definition) is 1. The van der Waals surface area contributed by atoms with Gasteiger partial charge < -0.3 is 14.7 Å². The van der Waals surface area contributed by atoms with Crippen LogP contribution in [0.3, 0.4) is 0 Å². The van der Waals surface area contributed by atoms with E-state index in [0.29, 0.717) is 0 Å². The zero-order valence-corrected chi connectivity index (χ0v) is 13.8. The van der Waals surface area contributed by atoms with Gasteiger partial charge in [0.1, 0.15) is 0 Å². The first kappa shape index (κ1) is 19.4. The van der Waals surface area contributed by atoms with Crippen LogP contribution in [0.15, 0.2) is 45.6 Å². The Hall–Kier alpha value is -2.88. The van der Waals surface area contributed by atoms with E-state index in [9.17, 15) is 18.0 Å². The lowest BCUT2D eigenvalue weighted by Crippen LogP contribution is -2.25. The molecule has 2 rings (SSSR count). The molecule has 1 N–H and O–H groups in total. The third-order valence-electron chi connectivity index (χ3n) is 2.80. The largest absolute Gasteiger partial charge is 0.471 e. The molecule has 138 valence electrons. The van der Waals surface area contributed by atoms with Gasteiger partial charge in [-0.25, -0.2) is 0 Å². The van der Waals surface area contributed by atoms with Crippen LogP contribution >= 0.6 is 11.6 Å². The maximum atomic E-state index is 12.4. The Labute approximate surface area is 150 Å². The van der Waals surface area contributed by atoms with Crippen LogP contribution < -0.4 is 5.32 Å². The van der Waals surface area contributed by atoms with E-state index in [-0.39, 0.29) is 35.1 Å². The van der Waals surface area contributed by atoms with Crippen molar-refractivity contribution < 1.29 is 27.3 Å². The summed E-state index contributed by atoms with van der Waals surface area (Å²) in [5.41, 5.74) is 0.564. The van der Waals surface area contributed by atoms with Crippen molar-refractivity contribution in [3.05, 3.63) is 47.3 Å². The smallest absolute Gasteiger partial charge is 0.390 e. The Morgan fingerprint density at radius 2 is 2.08 bits per heavy atom. The van der Waals surface area contributed by atoms with Crippen LogP contribution in [0.1, 0.15) is 16.2 Å². The van der Waals surface area contributed by atoms with E-state index in [0.717, 1.165) is 0 Å². The van der Waals surface area contributed by atoms with E-state index in [1.54, 1.807) is 0 Å². The predicted molar refractivity (Wildman–Crippen MR) is 86.5 cm³/mol. The number of nitrogens with one attached hydrogen (secondary N) is 1. The standard InChI is InChI=1S/C15H12ClF3N4O3/c1-9(16)8-25-21-7-6-20-13(24)11-4-2-10(3-5-11)12-22-14(26-23-12)15(17,18)19/h2-5,7H,1,6,8H2,(H,20,24). The molecular weight excluding hydrogens is 377 g/mol. The molecule has 0 saturated heterocycles. The van der Waals surface area contributed by atoms with Crippen molar-refractivity contribution in [1.82, 2.24) is 15.5 Å². The number of aromatic nitrogens is 2. The van der Waals surface area contributed by atoms with Gasteiger partial charge in [0.05, 0.1) is 17.8 Å². The summed E-state index contributed by atoms with van der Waals surface area (Å²) in [4.78, 5) is 19.9. The third-order valence-corrected chi connectivity index (χ3v) is 2.91. The molecule has 11 heteroatoms. The van der Waals surface area contributed by atoms with E-state index in [2.05, 4.69) is 31.7 Å². The van der Waals surface area contributed by atoms with Crippen molar-refractivity contribution in [2.24, 2.45) is 5.16 Å². The Bertz CT molecular complexity index is 803. The highest BCUT2D eigenvalue weighted by Gasteiger charge is 2.38. The monoisotopic (exact) mass is 388 g/mol. The molecule has 0 aliphatic rings. The molecule has 0 unspecified atom stereocenters. The van der Waals surface area contributed by atoms with Crippen LogP contribution in [0.25, 0.3) is 11.4 Å². The summed E-state index contributed by atoms with van der Waals surface area (Å²) in [6.07, 6.45) is -3.39. The minimum absolute atomic E-state index is 0.0552. The van der Waals surface area contributed by atoms with Crippen LogP contribution in [0.4, 0.5) is 13.2 Å². The van der Waals surface area contributed by atoms with E-state index in [4.69, 9.17) is 16.4 Å². The molecule has 0 aliphatic heterocycles. The zero-order chi connectivity index (χ0) is 19.2. The van der Waals surface area contributed by atoms with E-state index < -0.39 is 18.0 Å². The van der Waals surface area contributed by atoms with Gasteiger partial charge in [-0.1, -0.05) is 40.6 Å². The van der Waals surface area contributed by atoms with Crippen molar-refractivity contribution in [1.29, 1.82) is 0 Å². The van der Waals surface area contributed by atoms with Gasteiger partial charge in [0, 0.05) is 11.1 Å². The quantitative estimate of drug-likeness (QED) is 0.581. The second-order valence-electron chi connectivity index (χ2n) is 4.79. The second-order valence-corrected chi connectivity index (χ2v) is 5.32. The van der Waals surface area contributed by atoms with E-state index in [1.165, 1.54) is 30.5 Å². The molecule has 1 aromatic heterocycles.